The standard InChI is InChI=1S/C129H74N6O4/c1-128(2)97-31-14-11-24-85(97)115-99(128)45-47-101-119(115)95-61-76(62-96-120-102(134(101)125(95)96)48-46-100-116(120)86-25-12-15-32-98(86)129(100,3)4)73-39-44-82-84-28-19-34-106(127(84)139-114(82)66-73)132(78-22-9-6-10-23-78)80-42-37-71-59-91-93-55-68(67-130)54-92-90-58-70-36-41-79(56-74(70)63-107(90)135(124(92)93)108(91)64-75(71)57-80)131(77-20-7-5-8-21-77)105-33-18-27-83-81-43-38-72(65-113(81)138-126(83)105)69-40-51-110-94(60-69)122-112(137-110)53-50-104-118(122)89-30-17-29-88-117-103(133(104)123(88)89)49-52-111-121(117)87-26-13-16-35-109(87)136-111/h5-66H,1-4H3. The van der Waals surface area contributed by atoms with Crippen LogP contribution < -0.4 is 9.80 Å². The number of anilines is 6. The van der Waals surface area contributed by atoms with E-state index < -0.39 is 0 Å². The Labute approximate surface area is 791 Å². The van der Waals surface area contributed by atoms with Crippen LogP contribution in [0.4, 0.5) is 34.1 Å². The molecule has 0 amide bonds. The van der Waals surface area contributed by atoms with Gasteiger partial charge in [0.1, 0.15) is 33.5 Å². The minimum Gasteiger partial charge on any atom is -0.456 e. The number of nitriles is 1. The van der Waals surface area contributed by atoms with Gasteiger partial charge in [-0.3, -0.25) is 0 Å². The first-order valence-corrected chi connectivity index (χ1v) is 47.9. The summed E-state index contributed by atoms with van der Waals surface area (Å²) in [5, 5.41) is 38.0. The molecule has 0 fully saturated rings. The summed E-state index contributed by atoms with van der Waals surface area (Å²) in [7, 11) is 0. The third-order valence-electron chi connectivity index (χ3n) is 32.3. The molecule has 0 saturated heterocycles. The van der Waals surface area contributed by atoms with Crippen LogP contribution in [0.1, 0.15) is 55.5 Å². The topological polar surface area (TPSA) is 96.1 Å². The van der Waals surface area contributed by atoms with E-state index in [0.717, 1.165) is 215 Å². The molecular weight excluding hydrogens is 1700 g/mol. The van der Waals surface area contributed by atoms with Crippen LogP contribution in [0.5, 0.6) is 0 Å². The van der Waals surface area contributed by atoms with Crippen molar-refractivity contribution in [1.82, 2.24) is 13.2 Å². The molecule has 0 unspecified atom stereocenters. The first-order valence-electron chi connectivity index (χ1n) is 47.9. The Balaban J connectivity index is 0.505. The summed E-state index contributed by atoms with van der Waals surface area (Å²) in [6, 6.07) is 141. The van der Waals surface area contributed by atoms with Crippen LogP contribution >= 0.6 is 0 Å². The summed E-state index contributed by atoms with van der Waals surface area (Å²) >= 11 is 0. The highest BCUT2D eigenvalue weighted by Crippen LogP contribution is 2.60. The molecule has 139 heavy (non-hydrogen) atoms. The quantitative estimate of drug-likeness (QED) is 0.150. The highest BCUT2D eigenvalue weighted by molar-refractivity contribution is 6.37. The van der Waals surface area contributed by atoms with Crippen molar-refractivity contribution in [2.75, 3.05) is 9.80 Å². The van der Waals surface area contributed by atoms with Crippen LogP contribution in [0.2, 0.25) is 0 Å². The molecule has 10 aromatic heterocycles. The van der Waals surface area contributed by atoms with E-state index in [1.54, 1.807) is 0 Å². The van der Waals surface area contributed by atoms with E-state index in [2.05, 4.69) is 427 Å². The van der Waals surface area contributed by atoms with Gasteiger partial charge in [-0.2, -0.15) is 5.26 Å². The van der Waals surface area contributed by atoms with Crippen molar-refractivity contribution in [3.05, 3.63) is 404 Å². The number of benzene rings is 21. The molecule has 10 nitrogen and oxygen atoms in total. The maximum absolute atomic E-state index is 10.9. The van der Waals surface area contributed by atoms with E-state index in [1.807, 2.05) is 6.07 Å². The van der Waals surface area contributed by atoms with Gasteiger partial charge in [-0.1, -0.05) is 216 Å². The van der Waals surface area contributed by atoms with Crippen molar-refractivity contribution >= 4 is 258 Å². The number of nitrogens with zero attached hydrogens (tertiary/aromatic N) is 6. The minimum absolute atomic E-state index is 0.167. The molecule has 31 aromatic rings. The molecule has 10 heteroatoms. The number of furan rings is 4. The van der Waals surface area contributed by atoms with E-state index >= 15 is 0 Å². The molecular formula is C129H74N6O4. The molecule has 10 heterocycles. The zero-order chi connectivity index (χ0) is 90.9. The lowest BCUT2D eigenvalue weighted by atomic mass is 9.82. The van der Waals surface area contributed by atoms with Crippen molar-refractivity contribution < 1.29 is 17.7 Å². The van der Waals surface area contributed by atoms with E-state index in [4.69, 9.17) is 17.7 Å². The van der Waals surface area contributed by atoms with Crippen molar-refractivity contribution in [2.24, 2.45) is 0 Å². The van der Waals surface area contributed by atoms with Crippen LogP contribution in [-0.2, 0) is 10.8 Å². The summed E-state index contributed by atoms with van der Waals surface area (Å²) in [6.07, 6.45) is 0. The molecule has 2 aliphatic carbocycles. The van der Waals surface area contributed by atoms with Crippen molar-refractivity contribution in [2.45, 2.75) is 38.5 Å². The third-order valence-corrected chi connectivity index (χ3v) is 32.3. The second-order valence-electron chi connectivity index (χ2n) is 39.9. The Bertz CT molecular complexity index is 11000. The molecule has 0 N–H and O–H groups in total. The highest BCUT2D eigenvalue weighted by Gasteiger charge is 2.41. The number of rotatable bonds is 8. The van der Waals surface area contributed by atoms with Gasteiger partial charge in [-0.15, -0.1) is 0 Å². The summed E-state index contributed by atoms with van der Waals surface area (Å²) in [6.45, 7) is 9.56. The molecule has 21 aromatic carbocycles. The molecule has 33 rings (SSSR count). The lowest BCUT2D eigenvalue weighted by molar-refractivity contribution is 0.661. The Morgan fingerprint density at radius 2 is 0.655 bits per heavy atom. The monoisotopic (exact) mass is 1770 g/mol. The van der Waals surface area contributed by atoms with E-state index in [0.29, 0.717) is 5.56 Å². The molecule has 0 spiro atoms. The van der Waals surface area contributed by atoms with E-state index in [-0.39, 0.29) is 10.8 Å². The first kappa shape index (κ1) is 74.3. The molecule has 0 aliphatic heterocycles. The number of para-hydroxylation sites is 6. The van der Waals surface area contributed by atoms with Gasteiger partial charge in [0.25, 0.3) is 0 Å². The van der Waals surface area contributed by atoms with Gasteiger partial charge in [0.15, 0.2) is 11.2 Å². The zero-order valence-electron chi connectivity index (χ0n) is 75.6. The smallest absolute Gasteiger partial charge is 0.159 e. The normalized spacial score (nSPS) is 13.7. The Morgan fingerprint density at radius 1 is 0.237 bits per heavy atom. The van der Waals surface area contributed by atoms with Crippen LogP contribution in [0, 0.1) is 11.3 Å². The predicted molar refractivity (Wildman–Crippen MR) is 575 cm³/mol. The van der Waals surface area contributed by atoms with Gasteiger partial charge in [0, 0.05) is 141 Å². The van der Waals surface area contributed by atoms with E-state index in [9.17, 15) is 5.26 Å². The van der Waals surface area contributed by atoms with Gasteiger partial charge in [-0.25, -0.2) is 0 Å². The van der Waals surface area contributed by atoms with Crippen LogP contribution in [0.3, 0.4) is 0 Å². The fraction of sp³-hybridized carbons (Fsp3) is 0.0465. The lowest BCUT2D eigenvalue weighted by Crippen LogP contribution is -2.14. The molecule has 0 bridgehead atoms. The number of aromatic nitrogens is 3. The third kappa shape index (κ3) is 9.44. The van der Waals surface area contributed by atoms with Gasteiger partial charge in [-0.05, 0) is 276 Å². The number of fused-ring (bicyclic) bond motifs is 42. The summed E-state index contributed by atoms with van der Waals surface area (Å²) in [5.41, 5.74) is 38.4. The van der Waals surface area contributed by atoms with E-state index in [1.165, 1.54) is 110 Å². The second kappa shape index (κ2) is 25.9. The van der Waals surface area contributed by atoms with Gasteiger partial charge in [0.2, 0.25) is 0 Å². The molecule has 0 saturated carbocycles. The molecule has 0 atom stereocenters. The SMILES string of the molecule is CC1(C)c2ccccc2-c2c1ccc1c2c2cc(-c3ccc4c(c3)oc3c(N(c5ccccc5)c5ccc6cc7c8cc(C#N)cc9c%10cc%11ccc(N(c%12ccccc%12)c%12cccc%13c%12oc%12cc(-c%14ccc%15oc%16ccc%17c(c%18cccc%19c%20c%21c(ccc%20n%17c%19%18)oc%17ccccc%17%21)c%16c%15c%14)ccc%12%13)cc%11cc%10n(c7cc6c5)c98)cccc34)cc3c4c5c(ccc4n1c23)C(C)(C)c1ccccc1-5. The first-order chi connectivity index (χ1) is 68.4. The zero-order valence-corrected chi connectivity index (χ0v) is 75.6. The average Bonchev–Trinajstić information content (AvgIpc) is 1.53. The van der Waals surface area contributed by atoms with Crippen molar-refractivity contribution in [1.29, 1.82) is 5.26 Å². The largest absolute Gasteiger partial charge is 0.456 e. The average molecular weight is 1770 g/mol. The molecule has 644 valence electrons. The fourth-order valence-electron chi connectivity index (χ4n) is 26.2. The fourth-order valence-corrected chi connectivity index (χ4v) is 26.2. The van der Waals surface area contributed by atoms with Crippen LogP contribution in [0.25, 0.3) is 268 Å². The maximum Gasteiger partial charge on any atom is 0.159 e. The summed E-state index contributed by atoms with van der Waals surface area (Å²) in [4.78, 5) is 4.69. The van der Waals surface area contributed by atoms with Crippen LogP contribution in [-0.4, -0.2) is 13.2 Å². The highest BCUT2D eigenvalue weighted by atomic mass is 16.3. The van der Waals surface area contributed by atoms with Crippen molar-refractivity contribution in [3.63, 3.8) is 0 Å². The summed E-state index contributed by atoms with van der Waals surface area (Å²) in [5.74, 6) is 0. The number of hydrogen-bond acceptors (Lipinski definition) is 7. The Kier molecular flexibility index (Phi) is 13.8. The maximum atomic E-state index is 10.9. The summed E-state index contributed by atoms with van der Waals surface area (Å²) < 4.78 is 35.5. The predicted octanol–water partition coefficient (Wildman–Crippen LogP) is 35.8. The van der Waals surface area contributed by atoms with Gasteiger partial charge >= 0.3 is 0 Å². The molecule has 2 aliphatic rings. The van der Waals surface area contributed by atoms with Crippen molar-refractivity contribution in [3.8, 4) is 50.6 Å². The van der Waals surface area contributed by atoms with Gasteiger partial charge < -0.3 is 40.7 Å². The number of hydrogen-bond donors (Lipinski definition) is 0. The Morgan fingerprint density at radius 3 is 1.20 bits per heavy atom. The molecule has 0 radical (unpaired) electrons. The van der Waals surface area contributed by atoms with Crippen LogP contribution in [0.15, 0.2) is 394 Å². The van der Waals surface area contributed by atoms with Gasteiger partial charge in [0.05, 0.1) is 72.7 Å². The Hall–Kier alpha value is -18.2. The minimum atomic E-state index is -0.167. The second-order valence-corrected chi connectivity index (χ2v) is 39.9. The lowest BCUT2D eigenvalue weighted by Gasteiger charge is -2.26.